The molecule has 0 aromatic carbocycles. The van der Waals surface area contributed by atoms with Crippen LogP contribution in [-0.2, 0) is 19.1 Å². The van der Waals surface area contributed by atoms with Gasteiger partial charge in [0.1, 0.15) is 0 Å². The first-order chi connectivity index (χ1) is 13.5. The monoisotopic (exact) mass is 398 g/mol. The van der Waals surface area contributed by atoms with E-state index >= 15 is 0 Å². The molecule has 0 N–H and O–H groups in total. The van der Waals surface area contributed by atoms with Crippen molar-refractivity contribution in [2.45, 2.75) is 117 Å². The molecule has 0 saturated carbocycles. The van der Waals surface area contributed by atoms with Crippen molar-refractivity contribution in [2.24, 2.45) is 11.8 Å². The number of ether oxygens (including phenoxy) is 2. The molecule has 0 aliphatic heterocycles. The molecule has 28 heavy (non-hydrogen) atoms. The molecule has 166 valence electrons. The van der Waals surface area contributed by atoms with Crippen molar-refractivity contribution in [1.29, 1.82) is 0 Å². The Balaban J connectivity index is 3.39. The second kappa shape index (κ2) is 19.3. The maximum Gasteiger partial charge on any atom is 0.305 e. The summed E-state index contributed by atoms with van der Waals surface area (Å²) in [7, 11) is 2.93. The van der Waals surface area contributed by atoms with Gasteiger partial charge in [0.25, 0.3) is 0 Å². The lowest BCUT2D eigenvalue weighted by atomic mass is 9.86. The van der Waals surface area contributed by atoms with Gasteiger partial charge < -0.3 is 9.47 Å². The quantitative estimate of drug-likeness (QED) is 0.176. The molecule has 0 radical (unpaired) electrons. The van der Waals surface area contributed by atoms with Crippen LogP contribution in [0.1, 0.15) is 117 Å². The Labute approximate surface area is 174 Å². The molecule has 0 heterocycles. The Bertz CT molecular complexity index is 379. The lowest BCUT2D eigenvalue weighted by molar-refractivity contribution is -0.141. The second-order valence-corrected chi connectivity index (χ2v) is 8.48. The van der Waals surface area contributed by atoms with Crippen LogP contribution in [-0.4, -0.2) is 26.2 Å². The van der Waals surface area contributed by atoms with E-state index in [4.69, 9.17) is 4.74 Å². The minimum Gasteiger partial charge on any atom is -0.469 e. The van der Waals surface area contributed by atoms with Crippen molar-refractivity contribution < 1.29 is 19.1 Å². The Morgan fingerprint density at radius 1 is 0.571 bits per heavy atom. The highest BCUT2D eigenvalue weighted by Crippen LogP contribution is 2.24. The Hall–Kier alpha value is -1.06. The summed E-state index contributed by atoms with van der Waals surface area (Å²) >= 11 is 0. The number of esters is 2. The number of hydrogen-bond acceptors (Lipinski definition) is 4. The smallest absolute Gasteiger partial charge is 0.305 e. The molecule has 1 atom stereocenters. The number of unbranched alkanes of at least 4 members (excludes halogenated alkanes) is 11. The molecular formula is C24H46O4. The second-order valence-electron chi connectivity index (χ2n) is 8.48. The molecule has 0 spiro atoms. The van der Waals surface area contributed by atoms with Crippen molar-refractivity contribution >= 4 is 11.9 Å². The summed E-state index contributed by atoms with van der Waals surface area (Å²) in [6.07, 6.45) is 18.7. The average Bonchev–Trinajstić information content (AvgIpc) is 2.69. The molecular weight excluding hydrogens is 352 g/mol. The van der Waals surface area contributed by atoms with E-state index in [0.717, 1.165) is 19.3 Å². The summed E-state index contributed by atoms with van der Waals surface area (Å²) in [4.78, 5) is 22.3. The van der Waals surface area contributed by atoms with Gasteiger partial charge in [0.05, 0.1) is 14.2 Å². The van der Waals surface area contributed by atoms with Gasteiger partial charge in [-0.15, -0.1) is 0 Å². The van der Waals surface area contributed by atoms with E-state index in [0.29, 0.717) is 24.7 Å². The summed E-state index contributed by atoms with van der Waals surface area (Å²) in [6.45, 7) is 4.53. The summed E-state index contributed by atoms with van der Waals surface area (Å²) in [5, 5.41) is 0. The highest BCUT2D eigenvalue weighted by atomic mass is 16.5. The van der Waals surface area contributed by atoms with Gasteiger partial charge in [-0.3, -0.25) is 9.59 Å². The van der Waals surface area contributed by atoms with Crippen molar-refractivity contribution in [3.63, 3.8) is 0 Å². The fourth-order valence-corrected chi connectivity index (χ4v) is 3.76. The minimum absolute atomic E-state index is 0.0770. The van der Waals surface area contributed by atoms with Crippen LogP contribution < -0.4 is 0 Å². The predicted molar refractivity (Wildman–Crippen MR) is 116 cm³/mol. The van der Waals surface area contributed by atoms with E-state index in [9.17, 15) is 9.59 Å². The topological polar surface area (TPSA) is 52.6 Å². The van der Waals surface area contributed by atoms with Gasteiger partial charge in [-0.2, -0.15) is 0 Å². The molecule has 0 amide bonds. The molecule has 0 saturated heterocycles. The Morgan fingerprint density at radius 3 is 1.39 bits per heavy atom. The van der Waals surface area contributed by atoms with Gasteiger partial charge in [0, 0.05) is 12.8 Å². The lowest BCUT2D eigenvalue weighted by Gasteiger charge is -2.20. The Morgan fingerprint density at radius 2 is 0.964 bits per heavy atom. The average molecular weight is 399 g/mol. The van der Waals surface area contributed by atoms with Crippen LogP contribution in [0.25, 0.3) is 0 Å². The van der Waals surface area contributed by atoms with Crippen LogP contribution >= 0.6 is 0 Å². The van der Waals surface area contributed by atoms with E-state index in [1.165, 1.54) is 84.8 Å². The van der Waals surface area contributed by atoms with E-state index in [1.807, 2.05) is 0 Å². The zero-order valence-corrected chi connectivity index (χ0v) is 19.1. The third kappa shape index (κ3) is 17.1. The lowest BCUT2D eigenvalue weighted by Crippen LogP contribution is -2.12. The fraction of sp³-hybridized carbons (Fsp3) is 0.917. The zero-order chi connectivity index (χ0) is 21.0. The van der Waals surface area contributed by atoms with Crippen molar-refractivity contribution in [2.75, 3.05) is 14.2 Å². The molecule has 0 aromatic rings. The molecule has 0 aliphatic rings. The molecule has 4 nitrogen and oxygen atoms in total. The normalized spacial score (nSPS) is 12.2. The third-order valence-corrected chi connectivity index (χ3v) is 5.82. The van der Waals surface area contributed by atoms with Crippen LogP contribution in [0.3, 0.4) is 0 Å². The molecule has 0 fully saturated rings. The van der Waals surface area contributed by atoms with Crippen LogP contribution in [0.5, 0.6) is 0 Å². The summed E-state index contributed by atoms with van der Waals surface area (Å²) < 4.78 is 9.41. The number of rotatable bonds is 19. The molecule has 0 aliphatic carbocycles. The SMILES string of the molecule is COC(=O)CCCCCCCCCCCCCCC(CCC(=O)OC)C(C)C. The van der Waals surface area contributed by atoms with Crippen molar-refractivity contribution in [3.8, 4) is 0 Å². The van der Waals surface area contributed by atoms with Crippen LogP contribution in [0.4, 0.5) is 0 Å². The summed E-state index contributed by atoms with van der Waals surface area (Å²) in [5.74, 6) is 1.13. The first-order valence-corrected chi connectivity index (χ1v) is 11.6. The van der Waals surface area contributed by atoms with Gasteiger partial charge in [-0.25, -0.2) is 0 Å². The van der Waals surface area contributed by atoms with Gasteiger partial charge >= 0.3 is 11.9 Å². The van der Waals surface area contributed by atoms with E-state index in [2.05, 4.69) is 18.6 Å². The molecule has 0 aromatic heterocycles. The van der Waals surface area contributed by atoms with Crippen LogP contribution in [0, 0.1) is 11.8 Å². The number of hydrogen-bond donors (Lipinski definition) is 0. The highest BCUT2D eigenvalue weighted by molar-refractivity contribution is 5.69. The number of carbonyl (C=O) groups excluding carboxylic acids is 2. The van der Waals surface area contributed by atoms with E-state index in [-0.39, 0.29) is 11.9 Å². The van der Waals surface area contributed by atoms with E-state index < -0.39 is 0 Å². The van der Waals surface area contributed by atoms with Crippen LogP contribution in [0.15, 0.2) is 0 Å². The highest BCUT2D eigenvalue weighted by Gasteiger charge is 2.15. The first-order valence-electron chi connectivity index (χ1n) is 11.6. The number of methoxy groups -OCH3 is 2. The van der Waals surface area contributed by atoms with Crippen molar-refractivity contribution in [1.82, 2.24) is 0 Å². The third-order valence-electron chi connectivity index (χ3n) is 5.82. The standard InChI is InChI=1S/C24H46O4/c1-21(2)22(19-20-24(26)28-4)17-15-13-11-9-7-5-6-8-10-12-14-16-18-23(25)27-3/h21-22H,5-20H2,1-4H3. The zero-order valence-electron chi connectivity index (χ0n) is 19.1. The Kier molecular flexibility index (Phi) is 18.5. The van der Waals surface area contributed by atoms with Crippen LogP contribution in [0.2, 0.25) is 0 Å². The van der Waals surface area contributed by atoms with Gasteiger partial charge in [0.15, 0.2) is 0 Å². The largest absolute Gasteiger partial charge is 0.469 e. The fourth-order valence-electron chi connectivity index (χ4n) is 3.76. The summed E-state index contributed by atoms with van der Waals surface area (Å²) in [6, 6.07) is 0. The number of carbonyl (C=O) groups is 2. The minimum atomic E-state index is -0.0825. The van der Waals surface area contributed by atoms with Gasteiger partial charge in [-0.05, 0) is 24.7 Å². The molecule has 4 heteroatoms. The van der Waals surface area contributed by atoms with Gasteiger partial charge in [-0.1, -0.05) is 90.9 Å². The predicted octanol–water partition coefficient (Wildman–Crippen LogP) is 6.85. The summed E-state index contributed by atoms with van der Waals surface area (Å²) in [5.41, 5.74) is 0. The maximum absolute atomic E-state index is 11.3. The van der Waals surface area contributed by atoms with Crippen molar-refractivity contribution in [3.05, 3.63) is 0 Å². The maximum atomic E-state index is 11.3. The van der Waals surface area contributed by atoms with E-state index in [1.54, 1.807) is 0 Å². The van der Waals surface area contributed by atoms with Gasteiger partial charge in [0.2, 0.25) is 0 Å². The molecule has 1 unspecified atom stereocenters. The molecule has 0 rings (SSSR count). The first kappa shape index (κ1) is 26.9. The molecule has 0 bridgehead atoms.